The Hall–Kier alpha value is -2.12. The topological polar surface area (TPSA) is 77.9 Å². The molecule has 7 heteroatoms. The predicted octanol–water partition coefficient (Wildman–Crippen LogP) is 2.14. The largest absolute Gasteiger partial charge is 0.480 e. The number of carbonyl (C=O) groups is 1. The van der Waals surface area contributed by atoms with Crippen LogP contribution in [-0.2, 0) is 14.8 Å². The van der Waals surface area contributed by atoms with Crippen molar-refractivity contribution in [2.45, 2.75) is 23.8 Å². The fourth-order valence-corrected chi connectivity index (χ4v) is 5.14. The molecule has 0 spiro atoms. The number of sulfonamides is 1. The third-order valence-electron chi connectivity index (χ3n) is 4.42. The number of benzene rings is 2. The lowest BCUT2D eigenvalue weighted by molar-refractivity contribution is -0.140. The van der Waals surface area contributed by atoms with E-state index in [0.29, 0.717) is 18.2 Å². The van der Waals surface area contributed by atoms with E-state index in [1.807, 2.05) is 37.2 Å². The molecule has 0 amide bonds. The van der Waals surface area contributed by atoms with Gasteiger partial charge in [-0.05, 0) is 25.0 Å². The minimum atomic E-state index is -3.87. The van der Waals surface area contributed by atoms with Crippen molar-refractivity contribution < 1.29 is 18.3 Å². The molecule has 1 fully saturated rings. The first-order valence-corrected chi connectivity index (χ1v) is 9.22. The van der Waals surface area contributed by atoms with E-state index in [4.69, 9.17) is 0 Å². The number of hydrogen-bond acceptors (Lipinski definition) is 4. The highest BCUT2D eigenvalue weighted by Crippen LogP contribution is 2.34. The van der Waals surface area contributed by atoms with E-state index >= 15 is 0 Å². The molecule has 1 aliphatic heterocycles. The van der Waals surface area contributed by atoms with Crippen LogP contribution in [0.5, 0.6) is 0 Å². The standard InChI is InChI=1S/C17H20N2O4S/c1-18(2)14-8-3-7-13-12(14)6-4-10-16(13)24(22,23)19-11-5-9-15(19)17(20)21/h3-4,6-8,10,15H,5,9,11H2,1-2H3,(H,20,21)/t15-/m1/s1. The van der Waals surface area contributed by atoms with Gasteiger partial charge < -0.3 is 10.0 Å². The summed E-state index contributed by atoms with van der Waals surface area (Å²) < 4.78 is 27.3. The average Bonchev–Trinajstić information content (AvgIpc) is 3.04. The molecule has 1 aliphatic rings. The van der Waals surface area contributed by atoms with Crippen molar-refractivity contribution in [2.75, 3.05) is 25.5 Å². The van der Waals surface area contributed by atoms with Crippen LogP contribution in [0.15, 0.2) is 41.3 Å². The van der Waals surface area contributed by atoms with Crippen LogP contribution in [0.1, 0.15) is 12.8 Å². The first-order chi connectivity index (χ1) is 11.3. The van der Waals surface area contributed by atoms with Crippen molar-refractivity contribution in [1.82, 2.24) is 4.31 Å². The summed E-state index contributed by atoms with van der Waals surface area (Å²) in [4.78, 5) is 13.5. The number of aliphatic carboxylic acids is 1. The molecule has 1 heterocycles. The molecule has 2 aromatic rings. The molecule has 1 N–H and O–H groups in total. The molecule has 0 radical (unpaired) electrons. The van der Waals surface area contributed by atoms with Crippen molar-refractivity contribution in [2.24, 2.45) is 0 Å². The van der Waals surface area contributed by atoms with Crippen LogP contribution in [0.25, 0.3) is 10.8 Å². The van der Waals surface area contributed by atoms with Crippen molar-refractivity contribution in [3.8, 4) is 0 Å². The van der Waals surface area contributed by atoms with E-state index < -0.39 is 22.0 Å². The van der Waals surface area contributed by atoms with Gasteiger partial charge in [0, 0.05) is 37.1 Å². The Morgan fingerprint density at radius 1 is 1.17 bits per heavy atom. The molecule has 1 saturated heterocycles. The molecule has 3 rings (SSSR count). The minimum absolute atomic E-state index is 0.164. The van der Waals surface area contributed by atoms with Crippen molar-refractivity contribution in [3.63, 3.8) is 0 Å². The highest BCUT2D eigenvalue weighted by molar-refractivity contribution is 7.89. The fourth-order valence-electron chi connectivity index (χ4n) is 3.28. The van der Waals surface area contributed by atoms with Gasteiger partial charge >= 0.3 is 5.97 Å². The van der Waals surface area contributed by atoms with Crippen molar-refractivity contribution in [1.29, 1.82) is 0 Å². The number of nitrogens with zero attached hydrogens (tertiary/aromatic N) is 2. The lowest BCUT2D eigenvalue weighted by atomic mass is 10.1. The number of rotatable bonds is 4. The number of fused-ring (bicyclic) bond motifs is 1. The summed E-state index contributed by atoms with van der Waals surface area (Å²) in [6, 6.07) is 9.65. The first-order valence-electron chi connectivity index (χ1n) is 7.78. The molecular weight excluding hydrogens is 328 g/mol. The van der Waals surface area contributed by atoms with Gasteiger partial charge in [-0.25, -0.2) is 8.42 Å². The van der Waals surface area contributed by atoms with Gasteiger partial charge in [0.1, 0.15) is 6.04 Å². The minimum Gasteiger partial charge on any atom is -0.480 e. The second-order valence-corrected chi connectivity index (χ2v) is 7.99. The Kier molecular flexibility index (Phi) is 4.23. The number of anilines is 1. The van der Waals surface area contributed by atoms with Crippen LogP contribution in [-0.4, -0.2) is 50.5 Å². The Morgan fingerprint density at radius 2 is 1.83 bits per heavy atom. The van der Waals surface area contributed by atoms with Gasteiger partial charge in [0.05, 0.1) is 4.90 Å². The normalized spacial score (nSPS) is 18.8. The summed E-state index contributed by atoms with van der Waals surface area (Å²) in [6.45, 7) is 0.239. The number of carboxylic acid groups (broad SMARTS) is 1. The Bertz CT molecular complexity index is 893. The molecule has 0 bridgehead atoms. The van der Waals surface area contributed by atoms with Gasteiger partial charge in [0.25, 0.3) is 0 Å². The highest BCUT2D eigenvalue weighted by Gasteiger charge is 2.40. The molecule has 6 nitrogen and oxygen atoms in total. The predicted molar refractivity (Wildman–Crippen MR) is 92.8 cm³/mol. The van der Waals surface area contributed by atoms with Crippen LogP contribution < -0.4 is 4.90 Å². The van der Waals surface area contributed by atoms with E-state index in [2.05, 4.69) is 0 Å². The van der Waals surface area contributed by atoms with Crippen LogP contribution in [0.3, 0.4) is 0 Å². The van der Waals surface area contributed by atoms with E-state index in [1.54, 1.807) is 18.2 Å². The SMILES string of the molecule is CN(C)c1cccc2c(S(=O)(=O)N3CCC[C@@H]3C(=O)O)cccc12. The summed E-state index contributed by atoms with van der Waals surface area (Å²) in [5, 5.41) is 10.8. The summed E-state index contributed by atoms with van der Waals surface area (Å²) in [5.74, 6) is -1.09. The Labute approximate surface area is 141 Å². The monoisotopic (exact) mass is 348 g/mol. The zero-order valence-corrected chi connectivity index (χ0v) is 14.5. The average molecular weight is 348 g/mol. The zero-order valence-electron chi connectivity index (χ0n) is 13.6. The van der Waals surface area contributed by atoms with Gasteiger partial charge in [-0.1, -0.05) is 24.3 Å². The fraction of sp³-hybridized carbons (Fsp3) is 0.353. The first kappa shape index (κ1) is 16.7. The molecule has 0 saturated carbocycles. The van der Waals surface area contributed by atoms with E-state index in [-0.39, 0.29) is 11.4 Å². The quantitative estimate of drug-likeness (QED) is 0.916. The zero-order chi connectivity index (χ0) is 17.5. The highest BCUT2D eigenvalue weighted by atomic mass is 32.2. The van der Waals surface area contributed by atoms with E-state index in [0.717, 1.165) is 15.4 Å². The van der Waals surface area contributed by atoms with Crippen LogP contribution in [0, 0.1) is 0 Å². The van der Waals surface area contributed by atoms with Crippen LogP contribution >= 0.6 is 0 Å². The van der Waals surface area contributed by atoms with Gasteiger partial charge in [-0.15, -0.1) is 0 Å². The van der Waals surface area contributed by atoms with Gasteiger partial charge in [-0.3, -0.25) is 4.79 Å². The molecule has 0 aliphatic carbocycles. The van der Waals surface area contributed by atoms with Gasteiger partial charge in [-0.2, -0.15) is 4.31 Å². The Morgan fingerprint density at radius 3 is 2.50 bits per heavy atom. The third kappa shape index (κ3) is 2.63. The Balaban J connectivity index is 2.19. The third-order valence-corrected chi connectivity index (χ3v) is 6.38. The van der Waals surface area contributed by atoms with Crippen molar-refractivity contribution >= 4 is 32.5 Å². The van der Waals surface area contributed by atoms with Gasteiger partial charge in [0.2, 0.25) is 10.0 Å². The summed E-state index contributed by atoms with van der Waals surface area (Å²) in [7, 11) is -0.0686. The molecule has 0 unspecified atom stereocenters. The molecule has 24 heavy (non-hydrogen) atoms. The number of carboxylic acids is 1. The van der Waals surface area contributed by atoms with E-state index in [9.17, 15) is 18.3 Å². The smallest absolute Gasteiger partial charge is 0.322 e. The maximum absolute atomic E-state index is 13.1. The lowest BCUT2D eigenvalue weighted by Gasteiger charge is -2.23. The molecular formula is C17H20N2O4S. The van der Waals surface area contributed by atoms with Crippen LogP contribution in [0.4, 0.5) is 5.69 Å². The second kappa shape index (κ2) is 6.07. The van der Waals surface area contributed by atoms with Crippen molar-refractivity contribution in [3.05, 3.63) is 36.4 Å². The summed E-state index contributed by atoms with van der Waals surface area (Å²) >= 11 is 0. The maximum atomic E-state index is 13.1. The van der Waals surface area contributed by atoms with Gasteiger partial charge in [0.15, 0.2) is 0 Å². The lowest BCUT2D eigenvalue weighted by Crippen LogP contribution is -2.40. The summed E-state index contributed by atoms with van der Waals surface area (Å²) in [6.07, 6.45) is 0.909. The van der Waals surface area contributed by atoms with Crippen LogP contribution in [0.2, 0.25) is 0 Å². The van der Waals surface area contributed by atoms with E-state index in [1.165, 1.54) is 0 Å². The summed E-state index contributed by atoms with van der Waals surface area (Å²) in [5.41, 5.74) is 0.917. The molecule has 0 aromatic heterocycles. The molecule has 1 atom stereocenters. The maximum Gasteiger partial charge on any atom is 0.322 e. The number of hydrogen-bond donors (Lipinski definition) is 1. The molecule has 128 valence electrons. The second-order valence-electron chi connectivity index (χ2n) is 6.13. The molecule has 2 aromatic carbocycles.